The number of ether oxygens (including phenoxy) is 3. The lowest BCUT2D eigenvalue weighted by Crippen LogP contribution is -2.57. The fraction of sp³-hybridized carbons (Fsp3) is 0.304. The van der Waals surface area contributed by atoms with Gasteiger partial charge in [0, 0.05) is 6.92 Å². The van der Waals surface area contributed by atoms with Gasteiger partial charge in [0.1, 0.15) is 11.9 Å². The van der Waals surface area contributed by atoms with E-state index in [1.165, 1.54) is 7.11 Å². The van der Waals surface area contributed by atoms with Gasteiger partial charge in [-0.2, -0.15) is 15.8 Å². The van der Waals surface area contributed by atoms with Crippen LogP contribution in [0.15, 0.2) is 53.0 Å². The first-order chi connectivity index (χ1) is 14.8. The van der Waals surface area contributed by atoms with Crippen molar-refractivity contribution < 1.29 is 14.2 Å². The first-order valence-corrected chi connectivity index (χ1v) is 10.2. The normalized spacial score (nSPS) is 30.4. The number of benzene rings is 2. The SMILES string of the molecule is COc1ccc(C2OC3(C)OC(=N)C(C#N)(C3c3ccccc3)C2(C#N)C#N)cc1Br. The van der Waals surface area contributed by atoms with Gasteiger partial charge < -0.3 is 14.2 Å². The molecule has 0 aromatic heterocycles. The molecule has 2 aromatic rings. The van der Waals surface area contributed by atoms with Gasteiger partial charge in [-0.05, 0) is 39.2 Å². The zero-order valence-electron chi connectivity index (χ0n) is 16.7. The molecular weight excluding hydrogens is 460 g/mol. The third-order valence-electron chi connectivity index (χ3n) is 6.13. The molecule has 4 atom stereocenters. The molecule has 2 aliphatic rings. The van der Waals surface area contributed by atoms with Crippen molar-refractivity contribution in [3.63, 3.8) is 0 Å². The summed E-state index contributed by atoms with van der Waals surface area (Å²) >= 11 is 3.42. The number of nitrogens with zero attached hydrogens (tertiary/aromatic N) is 3. The van der Waals surface area contributed by atoms with Crippen LogP contribution in [-0.2, 0) is 9.47 Å². The van der Waals surface area contributed by atoms with E-state index in [4.69, 9.17) is 19.6 Å². The van der Waals surface area contributed by atoms with Crippen LogP contribution in [0.2, 0.25) is 0 Å². The zero-order chi connectivity index (χ0) is 22.4. The number of nitrogens with one attached hydrogen (secondary N) is 1. The van der Waals surface area contributed by atoms with E-state index in [9.17, 15) is 15.8 Å². The Morgan fingerprint density at radius 1 is 1.03 bits per heavy atom. The Balaban J connectivity index is 2.01. The molecule has 2 heterocycles. The Bertz CT molecular complexity index is 1180. The lowest BCUT2D eigenvalue weighted by atomic mass is 9.52. The highest BCUT2D eigenvalue weighted by Crippen LogP contribution is 2.69. The van der Waals surface area contributed by atoms with E-state index < -0.39 is 34.5 Å². The van der Waals surface area contributed by atoms with Crippen molar-refractivity contribution in [1.82, 2.24) is 0 Å². The van der Waals surface area contributed by atoms with E-state index in [2.05, 4.69) is 34.1 Å². The minimum absolute atomic E-state index is 0.440. The van der Waals surface area contributed by atoms with Crippen LogP contribution in [0.1, 0.15) is 30.1 Å². The van der Waals surface area contributed by atoms with Crippen molar-refractivity contribution in [2.75, 3.05) is 7.11 Å². The Hall–Kier alpha value is -3.38. The van der Waals surface area contributed by atoms with E-state index in [1.54, 1.807) is 49.4 Å². The molecule has 2 bridgehead atoms. The molecule has 2 saturated heterocycles. The summed E-state index contributed by atoms with van der Waals surface area (Å²) in [5.74, 6) is -2.16. The van der Waals surface area contributed by atoms with Crippen molar-refractivity contribution in [2.45, 2.75) is 24.7 Å². The van der Waals surface area contributed by atoms with Gasteiger partial charge in [0.2, 0.25) is 17.1 Å². The first-order valence-electron chi connectivity index (χ1n) is 9.41. The Morgan fingerprint density at radius 2 is 1.71 bits per heavy atom. The Labute approximate surface area is 188 Å². The standard InChI is InChI=1S/C23H17BrN4O3/c1-21-18(14-6-4-3-5-7-14)23(13-27,20(28)31-21)22(11-25,12-26)19(30-21)15-8-9-17(29-2)16(24)10-15/h3-10,18-19,28H,1-2H3. The van der Waals surface area contributed by atoms with Crippen LogP contribution in [0, 0.1) is 50.2 Å². The van der Waals surface area contributed by atoms with Gasteiger partial charge in [0.25, 0.3) is 0 Å². The zero-order valence-corrected chi connectivity index (χ0v) is 18.3. The monoisotopic (exact) mass is 476 g/mol. The lowest BCUT2D eigenvalue weighted by molar-refractivity contribution is -0.253. The fourth-order valence-electron chi connectivity index (χ4n) is 4.78. The van der Waals surface area contributed by atoms with Crippen molar-refractivity contribution in [3.05, 3.63) is 64.1 Å². The molecule has 0 saturated carbocycles. The molecule has 8 heteroatoms. The van der Waals surface area contributed by atoms with Crippen LogP contribution in [0.25, 0.3) is 0 Å². The van der Waals surface area contributed by atoms with Gasteiger partial charge in [-0.15, -0.1) is 0 Å². The highest BCUT2D eigenvalue weighted by molar-refractivity contribution is 9.10. The van der Waals surface area contributed by atoms with Gasteiger partial charge in [-0.3, -0.25) is 5.41 Å². The predicted octanol–water partition coefficient (Wildman–Crippen LogP) is 4.58. The Kier molecular flexibility index (Phi) is 4.78. The van der Waals surface area contributed by atoms with Gasteiger partial charge in [-0.1, -0.05) is 36.4 Å². The second-order valence-corrected chi connectivity index (χ2v) is 8.49. The second-order valence-electron chi connectivity index (χ2n) is 7.63. The van der Waals surface area contributed by atoms with E-state index >= 15 is 0 Å². The van der Waals surface area contributed by atoms with E-state index in [0.717, 1.165) is 0 Å². The summed E-state index contributed by atoms with van der Waals surface area (Å²) in [5.41, 5.74) is -2.77. The number of rotatable bonds is 3. The molecule has 4 rings (SSSR count). The summed E-state index contributed by atoms with van der Waals surface area (Å²) in [4.78, 5) is 0. The quantitative estimate of drug-likeness (QED) is 0.691. The number of fused-ring (bicyclic) bond motifs is 2. The lowest BCUT2D eigenvalue weighted by Gasteiger charge is -2.48. The number of nitriles is 3. The van der Waals surface area contributed by atoms with Crippen molar-refractivity contribution >= 4 is 21.8 Å². The third kappa shape index (κ3) is 2.55. The molecule has 0 radical (unpaired) electrons. The van der Waals surface area contributed by atoms with Crippen LogP contribution < -0.4 is 4.74 Å². The molecule has 0 amide bonds. The number of hydrogen-bond acceptors (Lipinski definition) is 7. The summed E-state index contributed by atoms with van der Waals surface area (Å²) in [7, 11) is 1.53. The molecule has 7 nitrogen and oxygen atoms in total. The smallest absolute Gasteiger partial charge is 0.218 e. The molecule has 154 valence electrons. The van der Waals surface area contributed by atoms with Crippen LogP contribution in [0.3, 0.4) is 0 Å². The predicted molar refractivity (Wildman–Crippen MR) is 113 cm³/mol. The largest absolute Gasteiger partial charge is 0.496 e. The maximum absolute atomic E-state index is 10.4. The molecule has 31 heavy (non-hydrogen) atoms. The van der Waals surface area contributed by atoms with Gasteiger partial charge >= 0.3 is 0 Å². The van der Waals surface area contributed by atoms with E-state index in [0.29, 0.717) is 21.3 Å². The Morgan fingerprint density at radius 3 is 2.26 bits per heavy atom. The molecule has 0 aliphatic carbocycles. The molecule has 2 aromatic carbocycles. The molecular formula is C23H17BrN4O3. The average molecular weight is 477 g/mol. The van der Waals surface area contributed by atoms with Crippen molar-refractivity contribution in [1.29, 1.82) is 21.2 Å². The summed E-state index contributed by atoms with van der Waals surface area (Å²) in [6.45, 7) is 1.64. The molecule has 2 aliphatic heterocycles. The van der Waals surface area contributed by atoms with Crippen LogP contribution in [0.4, 0.5) is 0 Å². The number of hydrogen-bond donors (Lipinski definition) is 1. The fourth-order valence-corrected chi connectivity index (χ4v) is 5.34. The number of halogens is 1. The summed E-state index contributed by atoms with van der Waals surface area (Å²) in [6.07, 6.45) is -1.14. The minimum Gasteiger partial charge on any atom is -0.496 e. The van der Waals surface area contributed by atoms with E-state index in [-0.39, 0.29) is 0 Å². The highest BCUT2D eigenvalue weighted by atomic mass is 79.9. The first kappa shape index (κ1) is 20.9. The molecule has 1 N–H and O–H groups in total. The summed E-state index contributed by atoms with van der Waals surface area (Å²) in [6, 6.07) is 20.3. The maximum atomic E-state index is 10.4. The second kappa shape index (κ2) is 7.10. The van der Waals surface area contributed by atoms with Crippen LogP contribution in [0.5, 0.6) is 5.75 Å². The summed E-state index contributed by atoms with van der Waals surface area (Å²) in [5, 5.41) is 39.7. The number of methoxy groups -OCH3 is 1. The van der Waals surface area contributed by atoms with Gasteiger partial charge in [0.15, 0.2) is 5.41 Å². The average Bonchev–Trinajstić information content (AvgIpc) is 2.97. The topological polar surface area (TPSA) is 123 Å². The highest BCUT2D eigenvalue weighted by Gasteiger charge is 2.79. The van der Waals surface area contributed by atoms with E-state index in [1.807, 2.05) is 6.07 Å². The van der Waals surface area contributed by atoms with Crippen molar-refractivity contribution in [3.8, 4) is 24.0 Å². The molecule has 0 spiro atoms. The molecule has 4 unspecified atom stereocenters. The van der Waals surface area contributed by atoms with Crippen LogP contribution in [-0.4, -0.2) is 18.8 Å². The maximum Gasteiger partial charge on any atom is 0.218 e. The van der Waals surface area contributed by atoms with Gasteiger partial charge in [-0.25, -0.2) is 0 Å². The minimum atomic E-state index is -2.04. The van der Waals surface area contributed by atoms with Crippen LogP contribution >= 0.6 is 15.9 Å². The third-order valence-corrected chi connectivity index (χ3v) is 6.75. The molecule has 2 fully saturated rings. The summed E-state index contributed by atoms with van der Waals surface area (Å²) < 4.78 is 18.0. The van der Waals surface area contributed by atoms with Gasteiger partial charge in [0.05, 0.1) is 35.7 Å². The van der Waals surface area contributed by atoms with Crippen molar-refractivity contribution in [2.24, 2.45) is 10.8 Å².